The Morgan fingerprint density at radius 3 is 2.75 bits per heavy atom. The van der Waals surface area contributed by atoms with Crippen LogP contribution in [0.2, 0.25) is 0 Å². The normalized spacial score (nSPS) is 18.4. The summed E-state index contributed by atoms with van der Waals surface area (Å²) in [7, 11) is 1.59. The first-order valence-electron chi connectivity index (χ1n) is 6.79. The average molecular weight is 276 g/mol. The van der Waals surface area contributed by atoms with Crippen molar-refractivity contribution in [1.82, 2.24) is 5.32 Å². The lowest BCUT2D eigenvalue weighted by molar-refractivity contribution is -0.124. The van der Waals surface area contributed by atoms with Crippen LogP contribution in [0, 0.1) is 6.92 Å². The molecular weight excluding hydrogens is 256 g/mol. The summed E-state index contributed by atoms with van der Waals surface area (Å²) in [5.74, 6) is -0.116. The predicted molar refractivity (Wildman–Crippen MR) is 76.6 cm³/mol. The zero-order valence-corrected chi connectivity index (χ0v) is 11.9. The number of ether oxygens (including phenoxy) is 1. The van der Waals surface area contributed by atoms with Crippen LogP contribution < -0.4 is 10.2 Å². The Morgan fingerprint density at radius 2 is 2.10 bits per heavy atom. The van der Waals surface area contributed by atoms with Gasteiger partial charge in [0, 0.05) is 25.8 Å². The second-order valence-corrected chi connectivity index (χ2v) is 4.94. The van der Waals surface area contributed by atoms with E-state index in [4.69, 9.17) is 4.74 Å². The van der Waals surface area contributed by atoms with Crippen molar-refractivity contribution in [3.05, 3.63) is 29.8 Å². The fourth-order valence-electron chi connectivity index (χ4n) is 2.36. The van der Waals surface area contributed by atoms with E-state index in [0.717, 1.165) is 11.3 Å². The Hall–Kier alpha value is -1.88. The van der Waals surface area contributed by atoms with Crippen molar-refractivity contribution < 1.29 is 14.3 Å². The SMILES string of the molecule is COCCNC(=O)C1CCC(=O)N1c1ccc(C)cc1. The lowest BCUT2D eigenvalue weighted by atomic mass is 10.1. The largest absolute Gasteiger partial charge is 0.383 e. The van der Waals surface area contributed by atoms with Crippen molar-refractivity contribution in [3.63, 3.8) is 0 Å². The van der Waals surface area contributed by atoms with Crippen molar-refractivity contribution in [2.45, 2.75) is 25.8 Å². The first-order chi connectivity index (χ1) is 9.63. The van der Waals surface area contributed by atoms with Crippen LogP contribution >= 0.6 is 0 Å². The molecule has 1 heterocycles. The van der Waals surface area contributed by atoms with Crippen LogP contribution in [0.4, 0.5) is 5.69 Å². The number of carbonyl (C=O) groups is 2. The van der Waals surface area contributed by atoms with E-state index in [0.29, 0.717) is 26.0 Å². The van der Waals surface area contributed by atoms with Gasteiger partial charge in [0.2, 0.25) is 11.8 Å². The molecule has 1 unspecified atom stereocenters. The summed E-state index contributed by atoms with van der Waals surface area (Å²) in [6.45, 7) is 2.92. The molecule has 0 aliphatic carbocycles. The standard InChI is InChI=1S/C15H20N2O3/c1-11-3-5-12(6-4-11)17-13(7-8-14(17)18)15(19)16-9-10-20-2/h3-6,13H,7-10H2,1-2H3,(H,16,19). The van der Waals surface area contributed by atoms with Crippen molar-refractivity contribution in [3.8, 4) is 0 Å². The van der Waals surface area contributed by atoms with Crippen molar-refractivity contribution in [1.29, 1.82) is 0 Å². The van der Waals surface area contributed by atoms with Gasteiger partial charge in [0.05, 0.1) is 6.61 Å². The molecule has 1 fully saturated rings. The van der Waals surface area contributed by atoms with E-state index in [9.17, 15) is 9.59 Å². The van der Waals surface area contributed by atoms with Crippen LogP contribution in [0.15, 0.2) is 24.3 Å². The van der Waals surface area contributed by atoms with Gasteiger partial charge < -0.3 is 10.1 Å². The minimum Gasteiger partial charge on any atom is -0.383 e. The van der Waals surface area contributed by atoms with Gasteiger partial charge in [0.25, 0.3) is 0 Å². The fourth-order valence-corrected chi connectivity index (χ4v) is 2.36. The summed E-state index contributed by atoms with van der Waals surface area (Å²) in [4.78, 5) is 25.8. The number of benzene rings is 1. The number of nitrogens with zero attached hydrogens (tertiary/aromatic N) is 1. The molecule has 1 aliphatic rings. The lowest BCUT2D eigenvalue weighted by Crippen LogP contribution is -2.45. The molecule has 0 bridgehead atoms. The van der Waals surface area contributed by atoms with E-state index in [1.807, 2.05) is 31.2 Å². The molecule has 2 amide bonds. The smallest absolute Gasteiger partial charge is 0.243 e. The van der Waals surface area contributed by atoms with E-state index >= 15 is 0 Å². The van der Waals surface area contributed by atoms with Crippen molar-refractivity contribution in [2.75, 3.05) is 25.2 Å². The summed E-state index contributed by atoms with van der Waals surface area (Å²) >= 11 is 0. The average Bonchev–Trinajstić information content (AvgIpc) is 2.82. The third-order valence-corrected chi connectivity index (χ3v) is 3.43. The molecule has 0 saturated carbocycles. The van der Waals surface area contributed by atoms with Crippen LogP contribution in [-0.4, -0.2) is 38.1 Å². The summed E-state index contributed by atoms with van der Waals surface area (Å²) in [5.41, 5.74) is 1.91. The molecule has 1 aromatic rings. The van der Waals surface area contributed by atoms with Gasteiger partial charge in [-0.15, -0.1) is 0 Å². The molecule has 2 rings (SSSR count). The molecule has 1 aromatic carbocycles. The van der Waals surface area contributed by atoms with Crippen molar-refractivity contribution in [2.24, 2.45) is 0 Å². The highest BCUT2D eigenvalue weighted by molar-refractivity contribution is 6.03. The van der Waals surface area contributed by atoms with Crippen molar-refractivity contribution >= 4 is 17.5 Å². The third-order valence-electron chi connectivity index (χ3n) is 3.43. The minimum absolute atomic E-state index is 0.000689. The maximum Gasteiger partial charge on any atom is 0.243 e. The number of anilines is 1. The Labute approximate surface area is 118 Å². The van der Waals surface area contributed by atoms with Crippen LogP contribution in [0.5, 0.6) is 0 Å². The van der Waals surface area contributed by atoms with Gasteiger partial charge in [-0.05, 0) is 25.5 Å². The lowest BCUT2D eigenvalue weighted by Gasteiger charge is -2.24. The summed E-state index contributed by atoms with van der Waals surface area (Å²) in [5, 5.41) is 2.80. The molecule has 20 heavy (non-hydrogen) atoms. The molecule has 5 nitrogen and oxygen atoms in total. The zero-order chi connectivity index (χ0) is 14.5. The van der Waals surface area contributed by atoms with E-state index in [1.165, 1.54) is 0 Å². The Balaban J connectivity index is 2.10. The van der Waals surface area contributed by atoms with E-state index in [2.05, 4.69) is 5.32 Å². The Kier molecular flexibility index (Phi) is 4.74. The van der Waals surface area contributed by atoms with Gasteiger partial charge in [0.1, 0.15) is 6.04 Å². The highest BCUT2D eigenvalue weighted by Crippen LogP contribution is 2.27. The molecular formula is C15H20N2O3. The van der Waals surface area contributed by atoms with E-state index in [1.54, 1.807) is 12.0 Å². The first kappa shape index (κ1) is 14.5. The fraction of sp³-hybridized carbons (Fsp3) is 0.467. The van der Waals surface area contributed by atoms with Gasteiger partial charge in [0.15, 0.2) is 0 Å². The summed E-state index contributed by atoms with van der Waals surface area (Å²) in [6, 6.07) is 7.24. The molecule has 0 radical (unpaired) electrons. The quantitative estimate of drug-likeness (QED) is 0.824. The van der Waals surface area contributed by atoms with Crippen LogP contribution in [-0.2, 0) is 14.3 Å². The highest BCUT2D eigenvalue weighted by Gasteiger charge is 2.36. The molecule has 108 valence electrons. The Morgan fingerprint density at radius 1 is 1.40 bits per heavy atom. The van der Waals surface area contributed by atoms with Gasteiger partial charge >= 0.3 is 0 Å². The molecule has 5 heteroatoms. The minimum atomic E-state index is -0.415. The number of rotatable bonds is 5. The maximum absolute atomic E-state index is 12.2. The topological polar surface area (TPSA) is 58.6 Å². The number of aryl methyl sites for hydroxylation is 1. The van der Waals surface area contributed by atoms with Crippen LogP contribution in [0.1, 0.15) is 18.4 Å². The number of nitrogens with one attached hydrogen (secondary N) is 1. The summed E-state index contributed by atoms with van der Waals surface area (Å²) in [6.07, 6.45) is 0.974. The number of carbonyl (C=O) groups excluding carboxylic acids is 2. The molecule has 1 aliphatic heterocycles. The molecule has 1 saturated heterocycles. The van der Waals surface area contributed by atoms with E-state index < -0.39 is 6.04 Å². The van der Waals surface area contributed by atoms with Gasteiger partial charge in [-0.25, -0.2) is 0 Å². The molecule has 0 spiro atoms. The number of hydrogen-bond acceptors (Lipinski definition) is 3. The maximum atomic E-state index is 12.2. The van der Waals surface area contributed by atoms with E-state index in [-0.39, 0.29) is 11.8 Å². The number of methoxy groups -OCH3 is 1. The Bertz CT molecular complexity index is 484. The molecule has 1 N–H and O–H groups in total. The van der Waals surface area contributed by atoms with Gasteiger partial charge in [-0.2, -0.15) is 0 Å². The third kappa shape index (κ3) is 3.17. The molecule has 1 atom stereocenters. The second kappa shape index (κ2) is 6.52. The first-order valence-corrected chi connectivity index (χ1v) is 6.79. The summed E-state index contributed by atoms with van der Waals surface area (Å²) < 4.78 is 4.91. The van der Waals surface area contributed by atoms with Crippen LogP contribution in [0.3, 0.4) is 0 Å². The number of amides is 2. The highest BCUT2D eigenvalue weighted by atomic mass is 16.5. The van der Waals surface area contributed by atoms with Gasteiger partial charge in [-0.1, -0.05) is 17.7 Å². The van der Waals surface area contributed by atoms with Crippen LogP contribution in [0.25, 0.3) is 0 Å². The molecule has 0 aromatic heterocycles. The number of hydrogen-bond donors (Lipinski definition) is 1. The predicted octanol–water partition coefficient (Wildman–Crippen LogP) is 1.25. The van der Waals surface area contributed by atoms with Gasteiger partial charge in [-0.3, -0.25) is 14.5 Å². The monoisotopic (exact) mass is 276 g/mol. The second-order valence-electron chi connectivity index (χ2n) is 4.94. The zero-order valence-electron chi connectivity index (χ0n) is 11.9.